The number of hydrogen-bond donors (Lipinski definition) is 0. The van der Waals surface area contributed by atoms with Crippen LogP contribution in [-0.2, 0) is 4.74 Å². The molecule has 4 heteroatoms. The molecular weight excluding hydrogens is 176 g/mol. The molecule has 0 N–H and O–H groups in total. The van der Waals surface area contributed by atoms with Crippen LogP contribution in [0, 0.1) is 23.7 Å². The van der Waals surface area contributed by atoms with Gasteiger partial charge in [0.1, 0.15) is 0 Å². The van der Waals surface area contributed by atoms with Gasteiger partial charge >= 0.3 is 5.31 Å². The van der Waals surface area contributed by atoms with E-state index in [9.17, 15) is 0 Å². The molecule has 0 aromatic rings. The summed E-state index contributed by atoms with van der Waals surface area (Å²) in [5.74, 6) is 3.53. The Bertz CT molecular complexity index is 273. The molecule has 4 fully saturated rings. The minimum absolute atomic E-state index is 0.382. The molecule has 0 aromatic carbocycles. The lowest BCUT2D eigenvalue weighted by atomic mass is 10.1. The summed E-state index contributed by atoms with van der Waals surface area (Å²) in [5, 5.41) is 6.39. The van der Waals surface area contributed by atoms with Crippen LogP contribution in [-0.4, -0.2) is 11.4 Å². The topological polar surface area (TPSA) is 34.0 Å². The van der Waals surface area contributed by atoms with Gasteiger partial charge in [0, 0.05) is 0 Å². The molecular formula is C8H9ClN2O. The van der Waals surface area contributed by atoms with E-state index in [1.807, 2.05) is 0 Å². The molecule has 0 spiro atoms. The Kier molecular flexibility index (Phi) is 0.830. The van der Waals surface area contributed by atoms with E-state index in [0.29, 0.717) is 6.10 Å². The number of rotatable bonds is 2. The number of hydrogen-bond acceptors (Lipinski definition) is 3. The Morgan fingerprint density at radius 1 is 1.25 bits per heavy atom. The van der Waals surface area contributed by atoms with E-state index in [1.165, 1.54) is 12.8 Å². The molecule has 3 nitrogen and oxygen atoms in total. The van der Waals surface area contributed by atoms with Crippen molar-refractivity contribution in [3.63, 3.8) is 0 Å². The third kappa shape index (κ3) is 0.600. The third-order valence-electron chi connectivity index (χ3n) is 3.93. The summed E-state index contributed by atoms with van der Waals surface area (Å²) >= 11 is 5.84. The molecule has 12 heavy (non-hydrogen) atoms. The third-order valence-corrected chi connectivity index (χ3v) is 4.18. The quantitative estimate of drug-likeness (QED) is 0.477. The van der Waals surface area contributed by atoms with Crippen molar-refractivity contribution in [1.82, 2.24) is 0 Å². The minimum atomic E-state index is -0.949. The average Bonchev–Trinajstić information content (AvgIpc) is 2.75. The maximum atomic E-state index is 5.84. The van der Waals surface area contributed by atoms with Crippen molar-refractivity contribution in [2.45, 2.75) is 24.3 Å². The number of ether oxygens (including phenoxy) is 1. The van der Waals surface area contributed by atoms with Crippen LogP contribution in [0.1, 0.15) is 12.8 Å². The van der Waals surface area contributed by atoms with Gasteiger partial charge in [-0.05, 0) is 48.1 Å². The lowest BCUT2D eigenvalue weighted by molar-refractivity contribution is -0.0149. The van der Waals surface area contributed by atoms with Crippen LogP contribution in [0.25, 0.3) is 0 Å². The smallest absolute Gasteiger partial charge is 0.316 e. The fraction of sp³-hybridized carbons (Fsp3) is 1.00. The number of alkyl halides is 1. The van der Waals surface area contributed by atoms with Gasteiger partial charge < -0.3 is 4.74 Å². The van der Waals surface area contributed by atoms with Gasteiger partial charge in [-0.1, -0.05) is 0 Å². The lowest BCUT2D eigenvalue weighted by Gasteiger charge is -2.16. The highest BCUT2D eigenvalue weighted by atomic mass is 35.5. The molecule has 5 aliphatic rings. The number of halogens is 1. The first-order valence-corrected chi connectivity index (χ1v) is 4.95. The summed E-state index contributed by atoms with van der Waals surface area (Å²) < 4.78 is 5.65. The Labute approximate surface area is 75.1 Å². The Morgan fingerprint density at radius 2 is 1.92 bits per heavy atom. The molecule has 0 radical (unpaired) electrons. The maximum Gasteiger partial charge on any atom is 0.375 e. The second-order valence-electron chi connectivity index (χ2n) is 4.45. The van der Waals surface area contributed by atoms with Crippen LogP contribution in [0.5, 0.6) is 0 Å². The molecule has 3 atom stereocenters. The molecule has 3 unspecified atom stereocenters. The van der Waals surface area contributed by atoms with Crippen LogP contribution in [0.15, 0.2) is 10.2 Å². The van der Waals surface area contributed by atoms with E-state index in [4.69, 9.17) is 16.3 Å². The highest BCUT2D eigenvalue weighted by Crippen LogP contribution is 2.72. The molecule has 1 aliphatic heterocycles. The fourth-order valence-corrected chi connectivity index (χ4v) is 3.58. The highest BCUT2D eigenvalue weighted by molar-refractivity contribution is 6.23. The first kappa shape index (κ1) is 6.33. The number of nitrogens with zero attached hydrogens (tertiary/aromatic N) is 2. The van der Waals surface area contributed by atoms with Gasteiger partial charge in [0.15, 0.2) is 0 Å². The second kappa shape index (κ2) is 1.58. The van der Waals surface area contributed by atoms with E-state index in [2.05, 4.69) is 10.2 Å². The van der Waals surface area contributed by atoms with Crippen LogP contribution >= 0.6 is 11.6 Å². The molecule has 4 aliphatic carbocycles. The predicted octanol–water partition coefficient (Wildman–Crippen LogP) is 1.97. The predicted molar refractivity (Wildman–Crippen MR) is 41.5 cm³/mol. The summed E-state index contributed by atoms with van der Waals surface area (Å²) in [7, 11) is 0. The van der Waals surface area contributed by atoms with E-state index < -0.39 is 5.31 Å². The van der Waals surface area contributed by atoms with Crippen LogP contribution in [0.3, 0.4) is 0 Å². The van der Waals surface area contributed by atoms with Crippen molar-refractivity contribution >= 4 is 11.6 Å². The van der Waals surface area contributed by atoms with Crippen molar-refractivity contribution in [3.05, 3.63) is 0 Å². The largest absolute Gasteiger partial charge is 0.375 e. The minimum Gasteiger partial charge on any atom is -0.316 e. The Morgan fingerprint density at radius 3 is 2.33 bits per heavy atom. The molecule has 5 rings (SSSR count). The van der Waals surface area contributed by atoms with Crippen molar-refractivity contribution in [1.29, 1.82) is 0 Å². The van der Waals surface area contributed by atoms with Gasteiger partial charge in [0.2, 0.25) is 0 Å². The first-order chi connectivity index (χ1) is 5.77. The molecule has 1 heterocycles. The Balaban J connectivity index is 1.57. The van der Waals surface area contributed by atoms with Gasteiger partial charge in [-0.25, -0.2) is 0 Å². The average molecular weight is 185 g/mol. The van der Waals surface area contributed by atoms with Gasteiger partial charge in [0.25, 0.3) is 0 Å². The van der Waals surface area contributed by atoms with Crippen molar-refractivity contribution in [2.24, 2.45) is 33.9 Å². The molecule has 0 saturated heterocycles. The lowest BCUT2D eigenvalue weighted by Crippen LogP contribution is -2.23. The summed E-state index contributed by atoms with van der Waals surface area (Å²) in [6.45, 7) is 0. The standard InChI is InChI=1S/C8H9ClN2O/c9-8(10-11-8)12-7-3-1-4-5(2-3)6(4)7/h3-7H,1-2H2. The van der Waals surface area contributed by atoms with Crippen LogP contribution in [0.2, 0.25) is 0 Å². The maximum absolute atomic E-state index is 5.84. The van der Waals surface area contributed by atoms with Gasteiger partial charge in [-0.2, -0.15) is 0 Å². The van der Waals surface area contributed by atoms with Gasteiger partial charge in [-0.3, -0.25) is 0 Å². The molecule has 64 valence electrons. The van der Waals surface area contributed by atoms with Gasteiger partial charge in [0.05, 0.1) is 6.10 Å². The normalized spacial score (nSPS) is 60.9. The molecule has 4 saturated carbocycles. The molecule has 0 aromatic heterocycles. The monoisotopic (exact) mass is 184 g/mol. The Hall–Kier alpha value is -0.150. The summed E-state index contributed by atoms with van der Waals surface area (Å²) in [4.78, 5) is 0. The second-order valence-corrected chi connectivity index (χ2v) is 4.94. The SMILES string of the molecule is ClC1(OC2C3CC4C(C3)C42)N=N1. The van der Waals surface area contributed by atoms with E-state index in [0.717, 1.165) is 23.7 Å². The summed E-state index contributed by atoms with van der Waals surface area (Å²) in [5.41, 5.74) is 0. The van der Waals surface area contributed by atoms with Crippen molar-refractivity contribution < 1.29 is 4.74 Å². The molecule has 0 amide bonds. The highest BCUT2D eigenvalue weighted by Gasteiger charge is 2.70. The van der Waals surface area contributed by atoms with Crippen molar-refractivity contribution in [2.75, 3.05) is 0 Å². The van der Waals surface area contributed by atoms with Crippen LogP contribution < -0.4 is 0 Å². The zero-order valence-electron chi connectivity index (χ0n) is 6.48. The van der Waals surface area contributed by atoms with Gasteiger partial charge in [-0.15, -0.1) is 10.2 Å². The van der Waals surface area contributed by atoms with E-state index >= 15 is 0 Å². The van der Waals surface area contributed by atoms with E-state index in [-0.39, 0.29) is 0 Å². The molecule has 4 bridgehead atoms. The first-order valence-electron chi connectivity index (χ1n) is 4.58. The summed E-state index contributed by atoms with van der Waals surface area (Å²) in [6.07, 6.45) is 3.12. The zero-order valence-corrected chi connectivity index (χ0v) is 7.24. The summed E-state index contributed by atoms with van der Waals surface area (Å²) in [6, 6.07) is 0. The fourth-order valence-electron chi connectivity index (χ4n) is 3.44. The van der Waals surface area contributed by atoms with Crippen molar-refractivity contribution in [3.8, 4) is 0 Å². The van der Waals surface area contributed by atoms with E-state index in [1.54, 1.807) is 0 Å². The zero-order chi connectivity index (χ0) is 7.92. The van der Waals surface area contributed by atoms with Crippen LogP contribution in [0.4, 0.5) is 0 Å².